The largest absolute Gasteiger partial charge is 0.497 e. The first kappa shape index (κ1) is 15.5. The summed E-state index contributed by atoms with van der Waals surface area (Å²) in [6.07, 6.45) is 2.08. The maximum atomic E-state index is 5.58. The predicted octanol–water partition coefficient (Wildman–Crippen LogP) is 3.02. The fraction of sp³-hybridized carbons (Fsp3) is 0.571. The lowest BCUT2D eigenvalue weighted by molar-refractivity contribution is 0.139. The van der Waals surface area contributed by atoms with Gasteiger partial charge in [0.1, 0.15) is 5.75 Å². The second kappa shape index (κ2) is 9.36. The van der Waals surface area contributed by atoms with Gasteiger partial charge in [-0.1, -0.05) is 28.9 Å². The molecule has 0 unspecified atom stereocenters. The zero-order chi connectivity index (χ0) is 13.2. The van der Waals surface area contributed by atoms with Gasteiger partial charge in [-0.2, -0.15) is 0 Å². The van der Waals surface area contributed by atoms with Crippen molar-refractivity contribution in [3.8, 4) is 5.75 Å². The summed E-state index contributed by atoms with van der Waals surface area (Å²) >= 11 is 3.54. The van der Waals surface area contributed by atoms with Crippen molar-refractivity contribution in [2.75, 3.05) is 33.4 Å². The average Bonchev–Trinajstić information content (AvgIpc) is 2.39. The third-order valence-electron chi connectivity index (χ3n) is 2.63. The summed E-state index contributed by atoms with van der Waals surface area (Å²) in [6.45, 7) is 5.67. The van der Waals surface area contributed by atoms with E-state index in [2.05, 4.69) is 34.2 Å². The third-order valence-corrected chi connectivity index (χ3v) is 3.36. The van der Waals surface area contributed by atoms with Crippen LogP contribution in [0.2, 0.25) is 0 Å². The Morgan fingerprint density at radius 1 is 1.22 bits per heavy atom. The van der Waals surface area contributed by atoms with Crippen molar-refractivity contribution in [3.05, 3.63) is 28.2 Å². The molecule has 0 bridgehead atoms. The average molecular weight is 316 g/mol. The summed E-state index contributed by atoms with van der Waals surface area (Å²) in [4.78, 5) is 0. The van der Waals surface area contributed by atoms with Crippen molar-refractivity contribution >= 4 is 15.9 Å². The van der Waals surface area contributed by atoms with Gasteiger partial charge in [-0.25, -0.2) is 0 Å². The van der Waals surface area contributed by atoms with Crippen molar-refractivity contribution < 1.29 is 9.47 Å². The van der Waals surface area contributed by atoms with Crippen LogP contribution in [-0.4, -0.2) is 33.4 Å². The van der Waals surface area contributed by atoms with E-state index in [9.17, 15) is 0 Å². The summed E-state index contributed by atoms with van der Waals surface area (Å²) in [5, 5.41) is 3.31. The summed E-state index contributed by atoms with van der Waals surface area (Å²) in [7, 11) is 1.67. The van der Waals surface area contributed by atoms with E-state index in [1.807, 2.05) is 12.1 Å². The molecule has 1 aromatic carbocycles. The molecule has 4 heteroatoms. The van der Waals surface area contributed by atoms with Crippen LogP contribution < -0.4 is 10.1 Å². The minimum absolute atomic E-state index is 0.749. The van der Waals surface area contributed by atoms with E-state index < -0.39 is 0 Å². The number of benzene rings is 1. The Bertz CT molecular complexity index is 345. The topological polar surface area (TPSA) is 30.5 Å². The van der Waals surface area contributed by atoms with Crippen LogP contribution in [0.4, 0.5) is 0 Å². The molecule has 1 aromatic rings. The number of halogens is 1. The molecule has 0 amide bonds. The molecular formula is C14H22BrNO2. The highest BCUT2D eigenvalue weighted by molar-refractivity contribution is 9.10. The Balaban J connectivity index is 2.19. The van der Waals surface area contributed by atoms with Gasteiger partial charge in [-0.05, 0) is 37.1 Å². The molecule has 0 fully saturated rings. The zero-order valence-corrected chi connectivity index (χ0v) is 12.8. The standard InChI is InChI=1S/C14H22BrNO2/c1-3-7-16-8-10-18-9-6-12-4-5-13(17-2)11-14(12)15/h4-5,11,16H,3,6-10H2,1-2H3. The summed E-state index contributed by atoms with van der Waals surface area (Å²) in [6, 6.07) is 6.03. The summed E-state index contributed by atoms with van der Waals surface area (Å²) in [5.41, 5.74) is 1.25. The molecule has 0 spiro atoms. The van der Waals surface area contributed by atoms with Crippen molar-refractivity contribution in [3.63, 3.8) is 0 Å². The number of nitrogens with one attached hydrogen (secondary N) is 1. The monoisotopic (exact) mass is 315 g/mol. The lowest BCUT2D eigenvalue weighted by Gasteiger charge is -2.08. The molecule has 102 valence electrons. The van der Waals surface area contributed by atoms with Gasteiger partial charge < -0.3 is 14.8 Å². The van der Waals surface area contributed by atoms with Crippen molar-refractivity contribution in [1.29, 1.82) is 0 Å². The van der Waals surface area contributed by atoms with E-state index in [-0.39, 0.29) is 0 Å². The molecule has 0 aliphatic heterocycles. The highest BCUT2D eigenvalue weighted by Gasteiger charge is 2.01. The van der Waals surface area contributed by atoms with Gasteiger partial charge in [-0.15, -0.1) is 0 Å². The van der Waals surface area contributed by atoms with Crippen molar-refractivity contribution in [2.24, 2.45) is 0 Å². The normalized spacial score (nSPS) is 10.6. The minimum Gasteiger partial charge on any atom is -0.497 e. The molecule has 0 saturated carbocycles. The van der Waals surface area contributed by atoms with Gasteiger partial charge in [0.15, 0.2) is 0 Å². The fourth-order valence-electron chi connectivity index (χ4n) is 1.59. The summed E-state index contributed by atoms with van der Waals surface area (Å²) < 4.78 is 11.8. The SMILES string of the molecule is CCCNCCOCCc1ccc(OC)cc1Br. The fourth-order valence-corrected chi connectivity index (χ4v) is 2.14. The highest BCUT2D eigenvalue weighted by Crippen LogP contribution is 2.23. The Kier molecular flexibility index (Phi) is 8.05. The van der Waals surface area contributed by atoms with Crippen LogP contribution in [0.25, 0.3) is 0 Å². The Morgan fingerprint density at radius 2 is 2.06 bits per heavy atom. The molecule has 0 atom stereocenters. The second-order valence-corrected chi connectivity index (χ2v) is 4.92. The lowest BCUT2D eigenvalue weighted by Crippen LogP contribution is -2.20. The number of hydrogen-bond donors (Lipinski definition) is 1. The van der Waals surface area contributed by atoms with Crippen LogP contribution >= 0.6 is 15.9 Å². The van der Waals surface area contributed by atoms with Crippen LogP contribution in [0.3, 0.4) is 0 Å². The number of hydrogen-bond acceptors (Lipinski definition) is 3. The van der Waals surface area contributed by atoms with Gasteiger partial charge in [0.05, 0.1) is 20.3 Å². The van der Waals surface area contributed by atoms with E-state index in [4.69, 9.17) is 9.47 Å². The molecule has 3 nitrogen and oxygen atoms in total. The maximum Gasteiger partial charge on any atom is 0.120 e. The molecule has 0 heterocycles. The first-order valence-electron chi connectivity index (χ1n) is 6.38. The van der Waals surface area contributed by atoms with Crippen LogP contribution in [0.5, 0.6) is 5.75 Å². The van der Waals surface area contributed by atoms with Gasteiger partial charge in [0, 0.05) is 11.0 Å². The van der Waals surface area contributed by atoms with Crippen LogP contribution in [0.1, 0.15) is 18.9 Å². The molecular weight excluding hydrogens is 294 g/mol. The maximum absolute atomic E-state index is 5.58. The second-order valence-electron chi connectivity index (χ2n) is 4.07. The smallest absolute Gasteiger partial charge is 0.120 e. The zero-order valence-electron chi connectivity index (χ0n) is 11.2. The number of rotatable bonds is 9. The van der Waals surface area contributed by atoms with Crippen molar-refractivity contribution in [1.82, 2.24) is 5.32 Å². The van der Waals surface area contributed by atoms with Gasteiger partial charge in [-0.3, -0.25) is 0 Å². The molecule has 0 aliphatic rings. The van der Waals surface area contributed by atoms with Crippen LogP contribution in [-0.2, 0) is 11.2 Å². The van der Waals surface area contributed by atoms with Gasteiger partial charge >= 0.3 is 0 Å². The first-order chi connectivity index (χ1) is 8.77. The molecule has 1 rings (SSSR count). The van der Waals surface area contributed by atoms with Gasteiger partial charge in [0.2, 0.25) is 0 Å². The predicted molar refractivity (Wildman–Crippen MR) is 78.4 cm³/mol. The molecule has 18 heavy (non-hydrogen) atoms. The molecule has 0 radical (unpaired) electrons. The Morgan fingerprint density at radius 3 is 2.72 bits per heavy atom. The Hall–Kier alpha value is -0.580. The lowest BCUT2D eigenvalue weighted by atomic mass is 10.1. The van der Waals surface area contributed by atoms with E-state index in [0.717, 1.165) is 42.9 Å². The highest BCUT2D eigenvalue weighted by atomic mass is 79.9. The van der Waals surface area contributed by atoms with Crippen molar-refractivity contribution in [2.45, 2.75) is 19.8 Å². The van der Waals surface area contributed by atoms with E-state index in [1.54, 1.807) is 7.11 Å². The van der Waals surface area contributed by atoms with E-state index in [1.165, 1.54) is 12.0 Å². The van der Waals surface area contributed by atoms with E-state index >= 15 is 0 Å². The quantitative estimate of drug-likeness (QED) is 0.711. The molecule has 0 aliphatic carbocycles. The molecule has 0 aromatic heterocycles. The van der Waals surface area contributed by atoms with Crippen LogP contribution in [0, 0.1) is 0 Å². The Labute approximate surface area is 118 Å². The minimum atomic E-state index is 0.749. The number of methoxy groups -OCH3 is 1. The summed E-state index contributed by atoms with van der Waals surface area (Å²) in [5.74, 6) is 0.871. The molecule has 0 saturated heterocycles. The first-order valence-corrected chi connectivity index (χ1v) is 7.18. The van der Waals surface area contributed by atoms with Crippen LogP contribution in [0.15, 0.2) is 22.7 Å². The number of ether oxygens (including phenoxy) is 2. The third kappa shape index (κ3) is 5.85. The van der Waals surface area contributed by atoms with Gasteiger partial charge in [0.25, 0.3) is 0 Å². The molecule has 1 N–H and O–H groups in total. The van der Waals surface area contributed by atoms with E-state index in [0.29, 0.717) is 0 Å².